The lowest BCUT2D eigenvalue weighted by molar-refractivity contribution is 0.230. The van der Waals surface area contributed by atoms with Gasteiger partial charge in [-0.15, -0.1) is 11.3 Å². The molecule has 1 heterocycles. The summed E-state index contributed by atoms with van der Waals surface area (Å²) in [7, 11) is 1.65. The summed E-state index contributed by atoms with van der Waals surface area (Å²) < 4.78 is 11.1. The number of rotatable bonds is 9. The Balaban J connectivity index is 1.81. The second-order valence-electron chi connectivity index (χ2n) is 6.25. The van der Waals surface area contributed by atoms with Crippen molar-refractivity contribution < 1.29 is 9.47 Å². The second-order valence-corrected chi connectivity index (χ2v) is 7.54. The number of aliphatic imine (C=N–C) groups is 1. The van der Waals surface area contributed by atoms with Gasteiger partial charge >= 0.3 is 0 Å². The highest BCUT2D eigenvalue weighted by molar-refractivity contribution is 7.11. The fourth-order valence-electron chi connectivity index (χ4n) is 2.42. The molecule has 1 aromatic carbocycles. The zero-order valence-corrected chi connectivity index (χ0v) is 17.7. The molecule has 1 unspecified atom stereocenters. The van der Waals surface area contributed by atoms with Crippen LogP contribution in [0.5, 0.6) is 11.5 Å². The van der Waals surface area contributed by atoms with E-state index < -0.39 is 0 Å². The number of benzene rings is 1. The molecule has 0 saturated carbocycles. The van der Waals surface area contributed by atoms with Crippen LogP contribution in [0.25, 0.3) is 0 Å². The first-order valence-corrected chi connectivity index (χ1v) is 10.1. The van der Waals surface area contributed by atoms with Crippen LogP contribution in [0.3, 0.4) is 0 Å². The first-order valence-electron chi connectivity index (χ1n) is 9.27. The third-order valence-corrected chi connectivity index (χ3v) is 5.08. The van der Waals surface area contributed by atoms with Crippen LogP contribution in [-0.4, -0.2) is 43.8 Å². The Kier molecular flexibility index (Phi) is 8.39. The van der Waals surface area contributed by atoms with Crippen molar-refractivity contribution in [3.05, 3.63) is 39.8 Å². The molecular weight excluding hydrogens is 360 g/mol. The number of thiazole rings is 1. The van der Waals surface area contributed by atoms with Crippen molar-refractivity contribution in [1.82, 2.24) is 15.6 Å². The van der Waals surface area contributed by atoms with Crippen LogP contribution in [-0.2, 0) is 6.42 Å². The number of methoxy groups -OCH3 is 1. The van der Waals surface area contributed by atoms with Gasteiger partial charge in [0, 0.05) is 24.4 Å². The number of nitrogens with one attached hydrogen (secondary N) is 2. The number of hydrogen-bond acceptors (Lipinski definition) is 5. The minimum Gasteiger partial charge on any atom is -0.497 e. The largest absolute Gasteiger partial charge is 0.497 e. The highest BCUT2D eigenvalue weighted by Crippen LogP contribution is 2.18. The fraction of sp³-hybridized carbons (Fsp3) is 0.500. The van der Waals surface area contributed by atoms with Gasteiger partial charge in [0.2, 0.25) is 0 Å². The van der Waals surface area contributed by atoms with E-state index >= 15 is 0 Å². The van der Waals surface area contributed by atoms with Gasteiger partial charge in [0.15, 0.2) is 5.96 Å². The van der Waals surface area contributed by atoms with Crippen LogP contribution in [0.2, 0.25) is 0 Å². The third-order valence-electron chi connectivity index (χ3n) is 3.95. The Labute approximate surface area is 166 Å². The summed E-state index contributed by atoms with van der Waals surface area (Å²) in [4.78, 5) is 10.5. The molecule has 6 nitrogen and oxygen atoms in total. The Morgan fingerprint density at radius 2 is 1.89 bits per heavy atom. The highest BCUT2D eigenvalue weighted by atomic mass is 32.1. The first-order chi connectivity index (χ1) is 13.0. The smallest absolute Gasteiger partial charge is 0.191 e. The molecule has 2 aromatic rings. The third kappa shape index (κ3) is 7.09. The zero-order chi connectivity index (χ0) is 19.6. The van der Waals surface area contributed by atoms with Crippen LogP contribution < -0.4 is 20.1 Å². The van der Waals surface area contributed by atoms with Gasteiger partial charge in [-0.1, -0.05) is 0 Å². The lowest BCUT2D eigenvalue weighted by Crippen LogP contribution is -2.39. The predicted octanol–water partition coefficient (Wildman–Crippen LogP) is 3.33. The van der Waals surface area contributed by atoms with E-state index in [2.05, 4.69) is 41.4 Å². The number of aromatic nitrogens is 1. The Bertz CT molecular complexity index is 709. The average molecular weight is 391 g/mol. The van der Waals surface area contributed by atoms with E-state index in [9.17, 15) is 0 Å². The van der Waals surface area contributed by atoms with E-state index in [-0.39, 0.29) is 6.10 Å². The van der Waals surface area contributed by atoms with Crippen LogP contribution >= 0.6 is 11.3 Å². The average Bonchev–Trinajstić information content (AvgIpc) is 2.98. The number of ether oxygens (including phenoxy) is 2. The van der Waals surface area contributed by atoms with Crippen molar-refractivity contribution in [2.75, 3.05) is 26.7 Å². The molecule has 0 saturated heterocycles. The maximum atomic E-state index is 5.91. The minimum absolute atomic E-state index is 0.0295. The van der Waals surface area contributed by atoms with E-state index in [4.69, 9.17) is 9.47 Å². The first kappa shape index (κ1) is 21.0. The van der Waals surface area contributed by atoms with E-state index in [0.29, 0.717) is 6.54 Å². The zero-order valence-electron chi connectivity index (χ0n) is 16.8. The molecule has 148 valence electrons. The van der Waals surface area contributed by atoms with E-state index in [1.165, 1.54) is 4.88 Å². The van der Waals surface area contributed by atoms with E-state index in [1.54, 1.807) is 18.4 Å². The number of guanidine groups is 1. The van der Waals surface area contributed by atoms with Crippen molar-refractivity contribution >= 4 is 17.3 Å². The molecule has 1 atom stereocenters. The molecule has 0 bridgehead atoms. The van der Waals surface area contributed by atoms with Crippen molar-refractivity contribution in [2.24, 2.45) is 4.99 Å². The Morgan fingerprint density at radius 1 is 1.19 bits per heavy atom. The molecule has 7 heteroatoms. The van der Waals surface area contributed by atoms with E-state index in [0.717, 1.165) is 47.7 Å². The van der Waals surface area contributed by atoms with Gasteiger partial charge in [-0.2, -0.15) is 0 Å². The molecule has 2 N–H and O–H groups in total. The van der Waals surface area contributed by atoms with Gasteiger partial charge in [-0.05, 0) is 52.0 Å². The summed E-state index contributed by atoms with van der Waals surface area (Å²) in [6.45, 7) is 10.4. The maximum absolute atomic E-state index is 5.91. The molecule has 0 aliphatic heterocycles. The summed E-state index contributed by atoms with van der Waals surface area (Å²) in [6.07, 6.45) is 0.861. The van der Waals surface area contributed by atoms with Crippen molar-refractivity contribution in [1.29, 1.82) is 0 Å². The topological polar surface area (TPSA) is 67.8 Å². The number of hydrogen-bond donors (Lipinski definition) is 2. The van der Waals surface area contributed by atoms with Crippen molar-refractivity contribution in [2.45, 2.75) is 40.2 Å². The fourth-order valence-corrected chi connectivity index (χ4v) is 3.35. The van der Waals surface area contributed by atoms with Gasteiger partial charge < -0.3 is 20.1 Å². The molecule has 0 amide bonds. The Hall–Kier alpha value is -2.28. The molecule has 0 spiro atoms. The van der Waals surface area contributed by atoms with E-state index in [1.807, 2.05) is 31.2 Å². The van der Waals surface area contributed by atoms with Crippen LogP contribution in [0, 0.1) is 13.8 Å². The van der Waals surface area contributed by atoms with Crippen LogP contribution in [0.4, 0.5) is 0 Å². The molecule has 0 aliphatic carbocycles. The minimum atomic E-state index is -0.0295. The highest BCUT2D eigenvalue weighted by Gasteiger charge is 2.06. The standard InChI is InChI=1S/C20H30N4O2S/c1-6-21-20(22-12-11-19-24-15(3)16(4)27-19)23-13-14(2)26-18-9-7-17(25-5)8-10-18/h7-10,14H,6,11-13H2,1-5H3,(H2,21,22,23). The molecule has 0 aliphatic rings. The monoisotopic (exact) mass is 390 g/mol. The summed E-state index contributed by atoms with van der Waals surface area (Å²) in [5.41, 5.74) is 1.13. The van der Waals surface area contributed by atoms with Crippen molar-refractivity contribution in [3.63, 3.8) is 0 Å². The summed E-state index contributed by atoms with van der Waals surface area (Å²) in [6, 6.07) is 7.58. The predicted molar refractivity (Wildman–Crippen MR) is 112 cm³/mol. The van der Waals surface area contributed by atoms with Gasteiger partial charge in [-0.25, -0.2) is 9.98 Å². The molecule has 0 radical (unpaired) electrons. The van der Waals surface area contributed by atoms with Gasteiger partial charge in [-0.3, -0.25) is 0 Å². The van der Waals surface area contributed by atoms with Gasteiger partial charge in [0.25, 0.3) is 0 Å². The number of nitrogens with zero attached hydrogens (tertiary/aromatic N) is 2. The summed E-state index contributed by atoms with van der Waals surface area (Å²) in [5.74, 6) is 2.43. The number of aryl methyl sites for hydroxylation is 2. The lowest BCUT2D eigenvalue weighted by atomic mass is 10.3. The second kappa shape index (κ2) is 10.8. The van der Waals surface area contributed by atoms with Gasteiger partial charge in [0.1, 0.15) is 17.6 Å². The van der Waals surface area contributed by atoms with Gasteiger partial charge in [0.05, 0.1) is 24.4 Å². The maximum Gasteiger partial charge on any atom is 0.191 e. The molecule has 2 rings (SSSR count). The van der Waals surface area contributed by atoms with Crippen molar-refractivity contribution in [3.8, 4) is 11.5 Å². The summed E-state index contributed by atoms with van der Waals surface area (Å²) >= 11 is 1.76. The molecule has 0 fully saturated rings. The SMILES string of the molecule is CCNC(=NCC(C)Oc1ccc(OC)cc1)NCCc1nc(C)c(C)s1. The summed E-state index contributed by atoms with van der Waals surface area (Å²) in [5, 5.41) is 7.79. The normalized spacial score (nSPS) is 12.6. The Morgan fingerprint density at radius 3 is 2.48 bits per heavy atom. The van der Waals surface area contributed by atoms with Crippen LogP contribution in [0.1, 0.15) is 29.4 Å². The molecule has 1 aromatic heterocycles. The quantitative estimate of drug-likeness (QED) is 0.508. The molecule has 27 heavy (non-hydrogen) atoms. The lowest BCUT2D eigenvalue weighted by Gasteiger charge is -2.15. The van der Waals surface area contributed by atoms with Crippen LogP contribution in [0.15, 0.2) is 29.3 Å². The molecular formula is C20H30N4O2S.